The molecule has 0 aliphatic carbocycles. The molecular formula is C28H39N3O4S2. The van der Waals surface area contributed by atoms with Crippen LogP contribution in [-0.2, 0) is 27.7 Å². The molecule has 2 aromatic carbocycles. The minimum absolute atomic E-state index is 0.362. The molecular weight excluding hydrogens is 506 g/mol. The zero-order valence-electron chi connectivity index (χ0n) is 22.2. The van der Waals surface area contributed by atoms with Crippen LogP contribution in [0.25, 0.3) is 10.1 Å². The number of hydrogen-bond acceptors (Lipinski definition) is 6. The molecule has 0 radical (unpaired) electrons. The highest BCUT2D eigenvalue weighted by Gasteiger charge is 2.18. The van der Waals surface area contributed by atoms with E-state index in [1.807, 2.05) is 57.2 Å². The maximum atomic E-state index is 12.8. The van der Waals surface area contributed by atoms with Crippen molar-refractivity contribution in [2.75, 3.05) is 26.2 Å². The van der Waals surface area contributed by atoms with Gasteiger partial charge in [-0.2, -0.15) is 0 Å². The fourth-order valence-electron chi connectivity index (χ4n) is 3.97. The van der Waals surface area contributed by atoms with Gasteiger partial charge in [-0.15, -0.1) is 11.3 Å². The normalized spacial score (nSPS) is 12.2. The molecule has 3 rings (SSSR count). The second-order valence-electron chi connectivity index (χ2n) is 10.1. The van der Waals surface area contributed by atoms with E-state index in [9.17, 15) is 13.2 Å². The maximum absolute atomic E-state index is 12.8. The number of amides is 1. The Bertz CT molecular complexity index is 1220. The number of thiophene rings is 1. The van der Waals surface area contributed by atoms with Gasteiger partial charge >= 0.3 is 6.09 Å². The summed E-state index contributed by atoms with van der Waals surface area (Å²) < 4.78 is 34.9. The number of fused-ring (bicyclic) bond motifs is 1. The predicted molar refractivity (Wildman–Crippen MR) is 152 cm³/mol. The SMILES string of the molecule is CCCN(CCCc1ccc(CNC(=O)OC(C)(C)C)cc1)CCNS(=O)(=O)c1cc2ccccc2s1. The van der Waals surface area contributed by atoms with Gasteiger partial charge in [-0.05, 0) is 81.8 Å². The number of rotatable bonds is 13. The Morgan fingerprint density at radius 1 is 1.00 bits per heavy atom. The van der Waals surface area contributed by atoms with Crippen LogP contribution >= 0.6 is 11.3 Å². The Balaban J connectivity index is 1.41. The summed E-state index contributed by atoms with van der Waals surface area (Å²) >= 11 is 1.30. The van der Waals surface area contributed by atoms with Crippen LogP contribution in [0.1, 0.15) is 51.7 Å². The zero-order chi connectivity index (χ0) is 26.9. The van der Waals surface area contributed by atoms with Gasteiger partial charge in [0, 0.05) is 24.3 Å². The second-order valence-corrected chi connectivity index (χ2v) is 13.2. The van der Waals surface area contributed by atoms with Crippen LogP contribution in [-0.4, -0.2) is 51.2 Å². The van der Waals surface area contributed by atoms with Gasteiger partial charge in [0.05, 0.1) is 0 Å². The van der Waals surface area contributed by atoms with Gasteiger partial charge in [0.15, 0.2) is 0 Å². The third-order valence-corrected chi connectivity index (χ3v) is 8.78. The molecule has 3 aromatic rings. The summed E-state index contributed by atoms with van der Waals surface area (Å²) in [7, 11) is -3.51. The van der Waals surface area contributed by atoms with E-state index < -0.39 is 21.7 Å². The second kappa shape index (κ2) is 13.4. The van der Waals surface area contributed by atoms with E-state index in [0.29, 0.717) is 23.8 Å². The van der Waals surface area contributed by atoms with Crippen LogP contribution in [0.3, 0.4) is 0 Å². The molecule has 2 N–H and O–H groups in total. The molecule has 0 aliphatic heterocycles. The molecule has 1 amide bonds. The standard InChI is InChI=1S/C28H39N3O4S2/c1-5-17-31(19-16-30-37(33,34)26-20-24-10-6-7-11-25(24)36-26)18-8-9-22-12-14-23(15-13-22)21-29-27(32)35-28(2,3)4/h6-7,10-15,20,30H,5,8-9,16-19,21H2,1-4H3,(H,29,32). The van der Waals surface area contributed by atoms with E-state index in [1.54, 1.807) is 6.07 Å². The predicted octanol–water partition coefficient (Wildman–Crippen LogP) is 5.55. The fraction of sp³-hybridized carbons (Fsp3) is 0.464. The largest absolute Gasteiger partial charge is 0.444 e. The summed E-state index contributed by atoms with van der Waals surface area (Å²) in [6.07, 6.45) is 2.52. The van der Waals surface area contributed by atoms with Gasteiger partial charge in [-0.25, -0.2) is 17.9 Å². The lowest BCUT2D eigenvalue weighted by atomic mass is 10.1. The topological polar surface area (TPSA) is 87.7 Å². The lowest BCUT2D eigenvalue weighted by Crippen LogP contribution is -2.35. The molecule has 0 saturated carbocycles. The Hall–Kier alpha value is -2.46. The van der Waals surface area contributed by atoms with Crippen LogP contribution in [0.5, 0.6) is 0 Å². The van der Waals surface area contributed by atoms with Crippen LogP contribution < -0.4 is 10.0 Å². The number of hydrogen-bond donors (Lipinski definition) is 2. The molecule has 0 bridgehead atoms. The Morgan fingerprint density at radius 2 is 1.70 bits per heavy atom. The number of alkyl carbamates (subject to hydrolysis) is 1. The minimum atomic E-state index is -3.51. The molecule has 0 aliphatic rings. The molecule has 37 heavy (non-hydrogen) atoms. The van der Waals surface area contributed by atoms with Crippen molar-refractivity contribution in [3.8, 4) is 0 Å². The van der Waals surface area contributed by atoms with E-state index in [1.165, 1.54) is 16.9 Å². The lowest BCUT2D eigenvalue weighted by Gasteiger charge is -2.21. The average molecular weight is 546 g/mol. The summed E-state index contributed by atoms with van der Waals surface area (Å²) in [5.74, 6) is 0. The van der Waals surface area contributed by atoms with Crippen LogP contribution in [0.15, 0.2) is 58.8 Å². The number of sulfonamides is 1. The molecule has 0 unspecified atom stereocenters. The average Bonchev–Trinajstić information content (AvgIpc) is 3.28. The number of nitrogens with zero attached hydrogens (tertiary/aromatic N) is 1. The summed E-state index contributed by atoms with van der Waals surface area (Å²) in [5.41, 5.74) is 1.75. The number of carbonyl (C=O) groups is 1. The summed E-state index contributed by atoms with van der Waals surface area (Å²) in [6.45, 7) is 11.0. The van der Waals surface area contributed by atoms with Crippen molar-refractivity contribution >= 4 is 37.5 Å². The van der Waals surface area contributed by atoms with Gasteiger partial charge in [0.25, 0.3) is 0 Å². The highest BCUT2D eigenvalue weighted by Crippen LogP contribution is 2.28. The van der Waals surface area contributed by atoms with E-state index in [4.69, 9.17) is 4.74 Å². The third kappa shape index (κ3) is 9.74. The van der Waals surface area contributed by atoms with E-state index in [2.05, 4.69) is 34.0 Å². The molecule has 0 fully saturated rings. The first-order valence-corrected chi connectivity index (χ1v) is 15.1. The van der Waals surface area contributed by atoms with E-state index in [0.717, 1.165) is 48.0 Å². The van der Waals surface area contributed by atoms with Gasteiger partial charge in [0.2, 0.25) is 10.0 Å². The smallest absolute Gasteiger partial charge is 0.407 e. The maximum Gasteiger partial charge on any atom is 0.407 e. The molecule has 202 valence electrons. The molecule has 1 heterocycles. The Morgan fingerprint density at radius 3 is 2.38 bits per heavy atom. The monoisotopic (exact) mass is 545 g/mol. The number of ether oxygens (including phenoxy) is 1. The molecule has 0 atom stereocenters. The van der Waals surface area contributed by atoms with Crippen molar-refractivity contribution in [1.82, 2.24) is 14.9 Å². The summed E-state index contributed by atoms with van der Waals surface area (Å²) in [5, 5.41) is 3.73. The Kier molecular flexibility index (Phi) is 10.5. The highest BCUT2D eigenvalue weighted by molar-refractivity contribution is 7.91. The number of nitrogens with one attached hydrogen (secondary N) is 2. The van der Waals surface area contributed by atoms with Crippen molar-refractivity contribution in [3.05, 3.63) is 65.7 Å². The number of aryl methyl sites for hydroxylation is 1. The van der Waals surface area contributed by atoms with Crippen molar-refractivity contribution in [3.63, 3.8) is 0 Å². The van der Waals surface area contributed by atoms with Crippen LogP contribution in [0, 0.1) is 0 Å². The van der Waals surface area contributed by atoms with Crippen molar-refractivity contribution in [2.45, 2.75) is 63.3 Å². The van der Waals surface area contributed by atoms with Gasteiger partial charge in [0.1, 0.15) is 9.81 Å². The number of benzene rings is 2. The van der Waals surface area contributed by atoms with E-state index in [-0.39, 0.29) is 0 Å². The molecule has 9 heteroatoms. The molecule has 0 saturated heterocycles. The molecule has 7 nitrogen and oxygen atoms in total. The first-order chi connectivity index (χ1) is 17.6. The summed E-state index contributed by atoms with van der Waals surface area (Å²) in [6, 6.07) is 17.7. The Labute approximate surface area is 225 Å². The van der Waals surface area contributed by atoms with Gasteiger partial charge in [-0.3, -0.25) is 0 Å². The minimum Gasteiger partial charge on any atom is -0.444 e. The zero-order valence-corrected chi connectivity index (χ0v) is 23.9. The quantitative estimate of drug-likeness (QED) is 0.294. The lowest BCUT2D eigenvalue weighted by molar-refractivity contribution is 0.0523. The first-order valence-electron chi connectivity index (χ1n) is 12.8. The number of carbonyl (C=O) groups excluding carboxylic acids is 1. The van der Waals surface area contributed by atoms with Crippen LogP contribution in [0.4, 0.5) is 4.79 Å². The van der Waals surface area contributed by atoms with Crippen molar-refractivity contribution < 1.29 is 17.9 Å². The summed E-state index contributed by atoms with van der Waals surface area (Å²) in [4.78, 5) is 14.1. The third-order valence-electron chi connectivity index (χ3n) is 5.73. The van der Waals surface area contributed by atoms with E-state index >= 15 is 0 Å². The van der Waals surface area contributed by atoms with Gasteiger partial charge in [-0.1, -0.05) is 49.4 Å². The van der Waals surface area contributed by atoms with Crippen LogP contribution in [0.2, 0.25) is 0 Å². The van der Waals surface area contributed by atoms with Crippen molar-refractivity contribution in [1.29, 1.82) is 0 Å². The highest BCUT2D eigenvalue weighted by atomic mass is 32.2. The fourth-order valence-corrected chi connectivity index (χ4v) is 6.43. The van der Waals surface area contributed by atoms with Crippen molar-refractivity contribution in [2.24, 2.45) is 0 Å². The first kappa shape index (κ1) is 29.1. The molecule has 0 spiro atoms. The molecule has 1 aromatic heterocycles. The van der Waals surface area contributed by atoms with Gasteiger partial charge < -0.3 is 15.0 Å².